The molecule has 0 atom stereocenters. The Hall–Kier alpha value is 0.620. The van der Waals surface area contributed by atoms with Crippen molar-refractivity contribution in [2.45, 2.75) is 4.90 Å². The van der Waals surface area contributed by atoms with E-state index in [2.05, 4.69) is 23.8 Å². The smallest absolute Gasteiger partial charge is 0.0191 e. The molecular weight excluding hydrogens is 200 g/mol. The summed E-state index contributed by atoms with van der Waals surface area (Å²) in [6.45, 7) is 0. The first-order valence-electron chi connectivity index (χ1n) is 2.63. The van der Waals surface area contributed by atoms with Crippen LogP contribution in [0.2, 0.25) is 0 Å². The number of thiol groups is 1. The summed E-state index contributed by atoms with van der Waals surface area (Å²) in [6.07, 6.45) is 0. The van der Waals surface area contributed by atoms with Gasteiger partial charge in [-0.05, 0) is 42.6 Å². The molecule has 0 aromatic heterocycles. The quantitative estimate of drug-likeness (QED) is 0.588. The molecular formula is C6H6S4. The van der Waals surface area contributed by atoms with Crippen LogP contribution in [0.15, 0.2) is 35.2 Å². The molecule has 1 rings (SSSR count). The molecule has 0 aliphatic carbocycles. The van der Waals surface area contributed by atoms with Crippen molar-refractivity contribution in [3.05, 3.63) is 30.3 Å². The molecule has 0 nitrogen and oxygen atoms in total. The van der Waals surface area contributed by atoms with Gasteiger partial charge in [-0.1, -0.05) is 29.9 Å². The zero-order chi connectivity index (χ0) is 7.23. The van der Waals surface area contributed by atoms with Crippen molar-refractivity contribution < 1.29 is 0 Å². The van der Waals surface area contributed by atoms with E-state index in [9.17, 15) is 0 Å². The van der Waals surface area contributed by atoms with E-state index in [-0.39, 0.29) is 0 Å². The van der Waals surface area contributed by atoms with E-state index >= 15 is 0 Å². The van der Waals surface area contributed by atoms with Crippen LogP contribution < -0.4 is 0 Å². The summed E-state index contributed by atoms with van der Waals surface area (Å²) in [4.78, 5) is 1.27. The zero-order valence-corrected chi connectivity index (χ0v) is 8.40. The Morgan fingerprint density at radius 3 is 2.40 bits per heavy atom. The molecule has 54 valence electrons. The second-order valence-corrected chi connectivity index (χ2v) is 6.38. The van der Waals surface area contributed by atoms with Crippen LogP contribution in [0.25, 0.3) is 0 Å². The summed E-state index contributed by atoms with van der Waals surface area (Å²) in [7, 11) is 4.85. The lowest BCUT2D eigenvalue weighted by molar-refractivity contribution is 1.48. The van der Waals surface area contributed by atoms with Crippen LogP contribution in [0.5, 0.6) is 0 Å². The van der Waals surface area contributed by atoms with Crippen LogP contribution in [0.3, 0.4) is 0 Å². The lowest BCUT2D eigenvalue weighted by Crippen LogP contribution is -1.61. The van der Waals surface area contributed by atoms with E-state index in [0.717, 1.165) is 0 Å². The fourth-order valence-electron chi connectivity index (χ4n) is 0.531. The second-order valence-electron chi connectivity index (χ2n) is 1.54. The van der Waals surface area contributed by atoms with Gasteiger partial charge in [0, 0.05) is 4.90 Å². The van der Waals surface area contributed by atoms with E-state index in [1.54, 1.807) is 20.6 Å². The third kappa shape index (κ3) is 3.14. The van der Waals surface area contributed by atoms with Crippen LogP contribution in [-0.2, 0) is 0 Å². The lowest BCUT2D eigenvalue weighted by Gasteiger charge is -1.94. The SMILES string of the molecule is SSSSc1ccccc1. The van der Waals surface area contributed by atoms with Crippen LogP contribution in [0.1, 0.15) is 0 Å². The molecule has 0 saturated carbocycles. The van der Waals surface area contributed by atoms with Gasteiger partial charge >= 0.3 is 0 Å². The monoisotopic (exact) mass is 206 g/mol. The predicted octanol–water partition coefficient (Wildman–Crippen LogP) is 3.92. The fourth-order valence-corrected chi connectivity index (χ4v) is 3.37. The number of rotatable bonds is 3. The molecule has 0 heterocycles. The first kappa shape index (κ1) is 8.71. The van der Waals surface area contributed by atoms with Crippen molar-refractivity contribution >= 4 is 42.1 Å². The fraction of sp³-hybridized carbons (Fsp3) is 0. The van der Waals surface area contributed by atoms with Gasteiger partial charge < -0.3 is 0 Å². The minimum absolute atomic E-state index is 1.27. The minimum Gasteiger partial charge on any atom is -0.0989 e. The largest absolute Gasteiger partial charge is 0.0989 e. The van der Waals surface area contributed by atoms with Gasteiger partial charge in [0.1, 0.15) is 0 Å². The normalized spacial score (nSPS) is 9.70. The van der Waals surface area contributed by atoms with Crippen molar-refractivity contribution in [1.29, 1.82) is 0 Å². The summed E-state index contributed by atoms with van der Waals surface area (Å²) in [5, 5.41) is 0. The van der Waals surface area contributed by atoms with Crippen LogP contribution in [-0.4, -0.2) is 0 Å². The molecule has 0 fully saturated rings. The highest BCUT2D eigenvalue weighted by molar-refractivity contribution is 9.23. The van der Waals surface area contributed by atoms with Crippen LogP contribution in [0.4, 0.5) is 0 Å². The molecule has 0 bridgehead atoms. The Bertz CT molecular complexity index is 174. The first-order chi connectivity index (χ1) is 4.93. The molecule has 0 radical (unpaired) electrons. The highest BCUT2D eigenvalue weighted by Crippen LogP contribution is 2.41. The molecule has 0 aliphatic heterocycles. The third-order valence-corrected chi connectivity index (χ3v) is 5.26. The Kier molecular flexibility index (Phi) is 4.61. The van der Waals surface area contributed by atoms with Gasteiger partial charge in [0.2, 0.25) is 0 Å². The first-order valence-corrected chi connectivity index (χ1v) is 7.17. The van der Waals surface area contributed by atoms with Gasteiger partial charge in [-0.15, -0.1) is 0 Å². The van der Waals surface area contributed by atoms with Gasteiger partial charge in [-0.2, -0.15) is 0 Å². The topological polar surface area (TPSA) is 0 Å². The van der Waals surface area contributed by atoms with Gasteiger partial charge in [0.05, 0.1) is 0 Å². The van der Waals surface area contributed by atoms with E-state index in [1.165, 1.54) is 14.7 Å². The van der Waals surface area contributed by atoms with Gasteiger partial charge in [0.15, 0.2) is 0 Å². The minimum atomic E-state index is 1.27. The average Bonchev–Trinajstić information content (AvgIpc) is 2.03. The summed E-state index contributed by atoms with van der Waals surface area (Å²) < 4.78 is 0. The van der Waals surface area contributed by atoms with Crippen molar-refractivity contribution in [3.8, 4) is 0 Å². The maximum absolute atomic E-state index is 4.01. The molecule has 0 aliphatic rings. The summed E-state index contributed by atoms with van der Waals surface area (Å²) in [6, 6.07) is 10.3. The maximum atomic E-state index is 4.01. The molecule has 0 N–H and O–H groups in total. The highest BCUT2D eigenvalue weighted by atomic mass is 33.7. The Balaban J connectivity index is 2.43. The Morgan fingerprint density at radius 1 is 1.10 bits per heavy atom. The second kappa shape index (κ2) is 5.29. The summed E-state index contributed by atoms with van der Waals surface area (Å²) in [5.41, 5.74) is 0. The van der Waals surface area contributed by atoms with E-state index in [4.69, 9.17) is 0 Å². The van der Waals surface area contributed by atoms with E-state index in [1.807, 2.05) is 18.2 Å². The molecule has 10 heavy (non-hydrogen) atoms. The molecule has 1 aromatic rings. The molecule has 0 spiro atoms. The van der Waals surface area contributed by atoms with Crippen molar-refractivity contribution in [3.63, 3.8) is 0 Å². The number of hydrogen-bond donors (Lipinski definition) is 1. The summed E-state index contributed by atoms with van der Waals surface area (Å²) >= 11 is 4.01. The van der Waals surface area contributed by atoms with Crippen LogP contribution >= 0.6 is 42.1 Å². The third-order valence-electron chi connectivity index (χ3n) is 0.904. The van der Waals surface area contributed by atoms with Crippen LogP contribution in [0, 0.1) is 0 Å². The van der Waals surface area contributed by atoms with Gasteiger partial charge in [0.25, 0.3) is 0 Å². The molecule has 1 aromatic carbocycles. The highest BCUT2D eigenvalue weighted by Gasteiger charge is 1.89. The molecule has 0 amide bonds. The number of hydrogen-bond acceptors (Lipinski definition) is 4. The van der Waals surface area contributed by atoms with Gasteiger partial charge in [-0.3, -0.25) is 0 Å². The maximum Gasteiger partial charge on any atom is 0.0191 e. The average molecular weight is 206 g/mol. The van der Waals surface area contributed by atoms with E-state index < -0.39 is 0 Å². The Morgan fingerprint density at radius 2 is 1.80 bits per heavy atom. The van der Waals surface area contributed by atoms with Crippen molar-refractivity contribution in [1.82, 2.24) is 0 Å². The van der Waals surface area contributed by atoms with Crippen molar-refractivity contribution in [2.75, 3.05) is 0 Å². The molecule has 4 heteroatoms. The predicted molar refractivity (Wildman–Crippen MR) is 56.5 cm³/mol. The summed E-state index contributed by atoms with van der Waals surface area (Å²) in [5.74, 6) is 0. The van der Waals surface area contributed by atoms with E-state index in [0.29, 0.717) is 0 Å². The molecule has 0 saturated heterocycles. The number of benzene rings is 1. The Labute approximate surface area is 77.2 Å². The zero-order valence-electron chi connectivity index (χ0n) is 5.06. The van der Waals surface area contributed by atoms with Crippen molar-refractivity contribution in [2.24, 2.45) is 0 Å². The molecule has 0 unspecified atom stereocenters. The standard InChI is InChI=1S/C6H6S4/c7-9-10-8-6-4-2-1-3-5-6/h1-5,7H. The van der Waals surface area contributed by atoms with Gasteiger partial charge in [-0.25, -0.2) is 0 Å². The lowest BCUT2D eigenvalue weighted by atomic mass is 10.4.